The van der Waals surface area contributed by atoms with Crippen molar-refractivity contribution in [2.24, 2.45) is 5.92 Å². The first-order chi connectivity index (χ1) is 7.68. The Hall–Kier alpha value is -1.51. The SMILES string of the molecule is Cc1c(N)cccc1NC(=O)C1CCCC1. The summed E-state index contributed by atoms with van der Waals surface area (Å²) in [5.41, 5.74) is 8.32. The van der Waals surface area contributed by atoms with E-state index in [1.807, 2.05) is 25.1 Å². The second kappa shape index (κ2) is 4.56. The zero-order valence-electron chi connectivity index (χ0n) is 9.62. The van der Waals surface area contributed by atoms with E-state index in [1.165, 1.54) is 12.8 Å². The molecule has 0 spiro atoms. The van der Waals surface area contributed by atoms with Crippen LogP contribution in [0.25, 0.3) is 0 Å². The first kappa shape index (κ1) is 11.0. The fourth-order valence-electron chi connectivity index (χ4n) is 2.21. The van der Waals surface area contributed by atoms with E-state index in [-0.39, 0.29) is 11.8 Å². The third kappa shape index (κ3) is 2.18. The Kier molecular flexibility index (Phi) is 3.13. The number of hydrogen-bond donors (Lipinski definition) is 2. The summed E-state index contributed by atoms with van der Waals surface area (Å²) in [6.07, 6.45) is 4.39. The maximum absolute atomic E-state index is 11.9. The molecule has 1 aromatic carbocycles. The summed E-state index contributed by atoms with van der Waals surface area (Å²) in [5, 5.41) is 2.97. The first-order valence-electron chi connectivity index (χ1n) is 5.84. The molecule has 3 nitrogen and oxygen atoms in total. The zero-order chi connectivity index (χ0) is 11.5. The van der Waals surface area contributed by atoms with Gasteiger partial charge in [0.2, 0.25) is 5.91 Å². The van der Waals surface area contributed by atoms with Crippen LogP contribution in [0.1, 0.15) is 31.2 Å². The highest BCUT2D eigenvalue weighted by Crippen LogP contribution is 2.27. The van der Waals surface area contributed by atoms with Crippen molar-refractivity contribution in [2.45, 2.75) is 32.6 Å². The second-order valence-electron chi connectivity index (χ2n) is 4.49. The number of amides is 1. The molecule has 1 amide bonds. The number of hydrogen-bond acceptors (Lipinski definition) is 2. The Bertz CT molecular complexity index is 395. The van der Waals surface area contributed by atoms with Gasteiger partial charge < -0.3 is 11.1 Å². The van der Waals surface area contributed by atoms with Crippen LogP contribution in [0, 0.1) is 12.8 Å². The molecule has 86 valence electrons. The van der Waals surface area contributed by atoms with Gasteiger partial charge in [-0.3, -0.25) is 4.79 Å². The van der Waals surface area contributed by atoms with Gasteiger partial charge in [-0.15, -0.1) is 0 Å². The topological polar surface area (TPSA) is 55.1 Å². The number of carbonyl (C=O) groups is 1. The fourth-order valence-corrected chi connectivity index (χ4v) is 2.21. The van der Waals surface area contributed by atoms with Gasteiger partial charge in [0.05, 0.1) is 0 Å². The highest BCUT2D eigenvalue weighted by atomic mass is 16.1. The van der Waals surface area contributed by atoms with Crippen LogP contribution in [-0.4, -0.2) is 5.91 Å². The predicted molar refractivity (Wildman–Crippen MR) is 66.2 cm³/mol. The van der Waals surface area contributed by atoms with Crippen molar-refractivity contribution in [1.82, 2.24) is 0 Å². The number of benzene rings is 1. The number of anilines is 2. The lowest BCUT2D eigenvalue weighted by Crippen LogP contribution is -2.20. The Morgan fingerprint density at radius 1 is 1.38 bits per heavy atom. The molecular formula is C13H18N2O. The molecular weight excluding hydrogens is 200 g/mol. The van der Waals surface area contributed by atoms with Crippen LogP contribution < -0.4 is 11.1 Å². The van der Waals surface area contributed by atoms with Gasteiger partial charge in [-0.1, -0.05) is 18.9 Å². The molecule has 1 saturated carbocycles. The standard InChI is InChI=1S/C13H18N2O/c1-9-11(14)7-4-8-12(9)15-13(16)10-5-2-3-6-10/h4,7-8,10H,2-3,5-6,14H2,1H3,(H,15,16). The average molecular weight is 218 g/mol. The van der Waals surface area contributed by atoms with Gasteiger partial charge in [-0.25, -0.2) is 0 Å². The van der Waals surface area contributed by atoms with Gasteiger partial charge in [0.1, 0.15) is 0 Å². The molecule has 0 atom stereocenters. The monoisotopic (exact) mass is 218 g/mol. The Morgan fingerprint density at radius 3 is 2.75 bits per heavy atom. The summed E-state index contributed by atoms with van der Waals surface area (Å²) in [6.45, 7) is 1.93. The maximum atomic E-state index is 11.9. The summed E-state index contributed by atoms with van der Waals surface area (Å²) in [5.74, 6) is 0.340. The minimum Gasteiger partial charge on any atom is -0.398 e. The van der Waals surface area contributed by atoms with Crippen molar-refractivity contribution in [3.8, 4) is 0 Å². The van der Waals surface area contributed by atoms with Crippen LogP contribution in [0.2, 0.25) is 0 Å². The summed E-state index contributed by atoms with van der Waals surface area (Å²) in [4.78, 5) is 11.9. The molecule has 2 rings (SSSR count). The van der Waals surface area contributed by atoms with Crippen molar-refractivity contribution in [3.05, 3.63) is 23.8 Å². The van der Waals surface area contributed by atoms with Crippen LogP contribution in [-0.2, 0) is 4.79 Å². The predicted octanol–water partition coefficient (Wildman–Crippen LogP) is 2.71. The Balaban J connectivity index is 2.08. The molecule has 0 heterocycles. The third-order valence-corrected chi connectivity index (χ3v) is 3.36. The number of rotatable bonds is 2. The summed E-state index contributed by atoms with van der Waals surface area (Å²) in [7, 11) is 0. The lowest BCUT2D eigenvalue weighted by Gasteiger charge is -2.13. The minimum atomic E-state index is 0.145. The fraction of sp³-hybridized carbons (Fsp3) is 0.462. The van der Waals surface area contributed by atoms with Gasteiger partial charge >= 0.3 is 0 Å². The molecule has 0 aliphatic heterocycles. The molecule has 1 aromatic rings. The van der Waals surface area contributed by atoms with Crippen LogP contribution in [0.4, 0.5) is 11.4 Å². The highest BCUT2D eigenvalue weighted by Gasteiger charge is 2.22. The molecule has 0 unspecified atom stereocenters. The van der Waals surface area contributed by atoms with Crippen LogP contribution in [0.15, 0.2) is 18.2 Å². The summed E-state index contributed by atoms with van der Waals surface area (Å²) >= 11 is 0. The molecule has 3 N–H and O–H groups in total. The van der Waals surface area contributed by atoms with Gasteiger partial charge in [0.25, 0.3) is 0 Å². The van der Waals surface area contributed by atoms with Gasteiger partial charge in [0.15, 0.2) is 0 Å². The van der Waals surface area contributed by atoms with E-state index in [2.05, 4.69) is 5.32 Å². The Morgan fingerprint density at radius 2 is 2.06 bits per heavy atom. The number of carbonyl (C=O) groups excluding carboxylic acids is 1. The van der Waals surface area contributed by atoms with Gasteiger partial charge in [0, 0.05) is 17.3 Å². The molecule has 1 aliphatic rings. The maximum Gasteiger partial charge on any atom is 0.227 e. The number of nitrogen functional groups attached to an aromatic ring is 1. The minimum absolute atomic E-state index is 0.145. The molecule has 0 radical (unpaired) electrons. The molecule has 0 saturated heterocycles. The van der Waals surface area contributed by atoms with E-state index in [0.29, 0.717) is 0 Å². The van der Waals surface area contributed by atoms with Crippen molar-refractivity contribution in [1.29, 1.82) is 0 Å². The van der Waals surface area contributed by atoms with E-state index in [4.69, 9.17) is 5.73 Å². The van der Waals surface area contributed by atoms with Crippen molar-refractivity contribution in [3.63, 3.8) is 0 Å². The highest BCUT2D eigenvalue weighted by molar-refractivity contribution is 5.94. The van der Waals surface area contributed by atoms with Crippen molar-refractivity contribution in [2.75, 3.05) is 11.1 Å². The lowest BCUT2D eigenvalue weighted by atomic mass is 10.1. The van der Waals surface area contributed by atoms with E-state index in [9.17, 15) is 4.79 Å². The lowest BCUT2D eigenvalue weighted by molar-refractivity contribution is -0.119. The van der Waals surface area contributed by atoms with Crippen LogP contribution >= 0.6 is 0 Å². The van der Waals surface area contributed by atoms with Crippen molar-refractivity contribution < 1.29 is 4.79 Å². The molecule has 1 aliphatic carbocycles. The molecule has 3 heteroatoms. The van der Waals surface area contributed by atoms with Gasteiger partial charge in [-0.05, 0) is 37.5 Å². The van der Waals surface area contributed by atoms with Crippen LogP contribution in [0.5, 0.6) is 0 Å². The molecule has 16 heavy (non-hydrogen) atoms. The summed E-state index contributed by atoms with van der Waals surface area (Å²) in [6, 6.07) is 5.62. The largest absolute Gasteiger partial charge is 0.398 e. The van der Waals surface area contributed by atoms with Crippen molar-refractivity contribution >= 4 is 17.3 Å². The zero-order valence-corrected chi connectivity index (χ0v) is 9.62. The third-order valence-electron chi connectivity index (χ3n) is 3.36. The molecule has 0 aromatic heterocycles. The first-order valence-corrected chi connectivity index (χ1v) is 5.84. The van der Waals surface area contributed by atoms with Gasteiger partial charge in [-0.2, -0.15) is 0 Å². The van der Waals surface area contributed by atoms with E-state index in [1.54, 1.807) is 0 Å². The quantitative estimate of drug-likeness (QED) is 0.750. The van der Waals surface area contributed by atoms with E-state index in [0.717, 1.165) is 29.8 Å². The average Bonchev–Trinajstić information content (AvgIpc) is 2.78. The van der Waals surface area contributed by atoms with Crippen LogP contribution in [0.3, 0.4) is 0 Å². The smallest absolute Gasteiger partial charge is 0.227 e. The number of nitrogens with one attached hydrogen (secondary N) is 1. The normalized spacial score (nSPS) is 16.3. The van der Waals surface area contributed by atoms with E-state index < -0.39 is 0 Å². The molecule has 0 bridgehead atoms. The number of nitrogens with two attached hydrogens (primary N) is 1. The second-order valence-corrected chi connectivity index (χ2v) is 4.49. The summed E-state index contributed by atoms with van der Waals surface area (Å²) < 4.78 is 0. The molecule has 1 fully saturated rings. The Labute approximate surface area is 96.0 Å². The van der Waals surface area contributed by atoms with E-state index >= 15 is 0 Å².